The van der Waals surface area contributed by atoms with Gasteiger partial charge in [0.15, 0.2) is 0 Å². The molecule has 1 N–H and O–H groups in total. The van der Waals surface area contributed by atoms with E-state index in [4.69, 9.17) is 0 Å². The first kappa shape index (κ1) is 14.7. The van der Waals surface area contributed by atoms with Crippen LogP contribution in [0.15, 0.2) is 17.8 Å². The molecule has 122 valence electrons. The molecular weight excluding hydrogens is 310 g/mol. The maximum absolute atomic E-state index is 12.6. The average Bonchev–Trinajstić information content (AvgIpc) is 3.15. The second-order valence-electron chi connectivity index (χ2n) is 6.47. The van der Waals surface area contributed by atoms with Crippen LogP contribution in [0.4, 0.5) is 10.6 Å². The van der Waals surface area contributed by atoms with Gasteiger partial charge in [-0.15, -0.1) is 11.3 Å². The summed E-state index contributed by atoms with van der Waals surface area (Å²) in [6.45, 7) is 1.53. The van der Waals surface area contributed by atoms with Crippen LogP contribution in [0.3, 0.4) is 0 Å². The van der Waals surface area contributed by atoms with Gasteiger partial charge in [-0.3, -0.25) is 10.00 Å². The summed E-state index contributed by atoms with van der Waals surface area (Å²) in [7, 11) is 1.93. The van der Waals surface area contributed by atoms with Crippen LogP contribution >= 0.6 is 11.3 Å². The van der Waals surface area contributed by atoms with E-state index in [1.165, 1.54) is 17.7 Å². The Hall–Kier alpha value is -1.89. The van der Waals surface area contributed by atoms with Crippen LogP contribution in [0.25, 0.3) is 0 Å². The number of nitrogens with zero attached hydrogens (tertiary/aromatic N) is 4. The monoisotopic (exact) mass is 331 g/mol. The lowest BCUT2D eigenvalue weighted by Gasteiger charge is -2.31. The molecule has 2 aromatic heterocycles. The fraction of sp³-hybridized carbons (Fsp3) is 0.562. The molecule has 3 heterocycles. The molecule has 2 fully saturated rings. The second-order valence-corrected chi connectivity index (χ2v) is 7.36. The average molecular weight is 331 g/mol. The fourth-order valence-electron chi connectivity index (χ4n) is 3.22. The van der Waals surface area contributed by atoms with Crippen LogP contribution in [0.2, 0.25) is 0 Å². The number of hydrogen-bond acceptors (Lipinski definition) is 4. The Morgan fingerprint density at radius 3 is 2.96 bits per heavy atom. The van der Waals surface area contributed by atoms with E-state index >= 15 is 0 Å². The predicted octanol–water partition coefficient (Wildman–Crippen LogP) is 3.17. The van der Waals surface area contributed by atoms with Crippen LogP contribution in [0.5, 0.6) is 0 Å². The molecule has 23 heavy (non-hydrogen) atoms. The van der Waals surface area contributed by atoms with Gasteiger partial charge < -0.3 is 4.90 Å². The largest absolute Gasteiger partial charge is 0.324 e. The molecule has 2 aromatic rings. The van der Waals surface area contributed by atoms with Gasteiger partial charge in [0.2, 0.25) is 0 Å². The lowest BCUT2D eigenvalue weighted by molar-refractivity contribution is 0.192. The number of rotatable bonds is 3. The summed E-state index contributed by atoms with van der Waals surface area (Å²) in [5, 5.41) is 7.52. The molecule has 1 saturated heterocycles. The first-order chi connectivity index (χ1) is 11.2. The quantitative estimate of drug-likeness (QED) is 0.939. The smallest absolute Gasteiger partial charge is 0.323 e. The standard InChI is InChI=1S/C16H21N5OS/c1-20-8-6-13(19-20)12-3-2-7-21(9-12)16(22)18-15-14(11-4-5-11)23-10-17-15/h6,8,10-12H,2-5,7,9H2,1H3,(H,18,22). The molecule has 0 spiro atoms. The molecule has 0 bridgehead atoms. The second kappa shape index (κ2) is 5.96. The lowest BCUT2D eigenvalue weighted by atomic mass is 9.95. The van der Waals surface area contributed by atoms with Crippen molar-refractivity contribution in [2.24, 2.45) is 7.05 Å². The summed E-state index contributed by atoms with van der Waals surface area (Å²) in [4.78, 5) is 20.1. The summed E-state index contributed by atoms with van der Waals surface area (Å²) in [6, 6.07) is 2.02. The van der Waals surface area contributed by atoms with Crippen molar-refractivity contribution in [2.75, 3.05) is 18.4 Å². The molecule has 7 heteroatoms. The fourth-order valence-corrected chi connectivity index (χ4v) is 4.13. The van der Waals surface area contributed by atoms with Crippen molar-refractivity contribution in [3.8, 4) is 0 Å². The van der Waals surface area contributed by atoms with Crippen LogP contribution in [-0.2, 0) is 7.05 Å². The predicted molar refractivity (Wildman–Crippen MR) is 89.9 cm³/mol. The third-order valence-corrected chi connectivity index (χ3v) is 5.62. The van der Waals surface area contributed by atoms with Crippen LogP contribution < -0.4 is 5.32 Å². The number of aromatic nitrogens is 3. The summed E-state index contributed by atoms with van der Waals surface area (Å²) in [5.41, 5.74) is 2.91. The molecule has 1 aliphatic heterocycles. The van der Waals surface area contributed by atoms with E-state index in [-0.39, 0.29) is 6.03 Å². The topological polar surface area (TPSA) is 63.1 Å². The van der Waals surface area contributed by atoms with Gasteiger partial charge in [0.1, 0.15) is 5.82 Å². The SMILES string of the molecule is Cn1ccc(C2CCCN(C(=O)Nc3ncsc3C3CC3)C2)n1. The minimum Gasteiger partial charge on any atom is -0.324 e. The van der Waals surface area contributed by atoms with E-state index in [1.807, 2.05) is 28.3 Å². The van der Waals surface area contributed by atoms with E-state index in [1.54, 1.807) is 11.3 Å². The molecule has 2 aliphatic rings. The third-order valence-electron chi connectivity index (χ3n) is 4.63. The van der Waals surface area contributed by atoms with E-state index in [0.717, 1.165) is 37.4 Å². The van der Waals surface area contributed by atoms with Crippen molar-refractivity contribution in [1.82, 2.24) is 19.7 Å². The van der Waals surface area contributed by atoms with Crippen molar-refractivity contribution >= 4 is 23.2 Å². The minimum absolute atomic E-state index is 0.0292. The number of amides is 2. The van der Waals surface area contributed by atoms with Crippen molar-refractivity contribution in [2.45, 2.75) is 37.5 Å². The number of carbonyl (C=O) groups excluding carboxylic acids is 1. The van der Waals surface area contributed by atoms with Crippen LogP contribution in [0, 0.1) is 0 Å². The molecule has 1 aliphatic carbocycles. The van der Waals surface area contributed by atoms with Gasteiger partial charge in [-0.1, -0.05) is 0 Å². The molecule has 1 saturated carbocycles. The molecule has 4 rings (SSSR count). The van der Waals surface area contributed by atoms with Gasteiger partial charge in [0, 0.05) is 32.3 Å². The molecule has 2 amide bonds. The molecule has 6 nitrogen and oxygen atoms in total. The lowest BCUT2D eigenvalue weighted by Crippen LogP contribution is -2.41. The molecular formula is C16H21N5OS. The first-order valence-corrected chi connectivity index (χ1v) is 9.07. The normalized spacial score (nSPS) is 21.4. The minimum atomic E-state index is -0.0292. The van der Waals surface area contributed by atoms with Crippen LogP contribution in [-0.4, -0.2) is 38.8 Å². The number of aryl methyl sites for hydroxylation is 1. The van der Waals surface area contributed by atoms with Gasteiger partial charge in [-0.25, -0.2) is 9.78 Å². The summed E-state index contributed by atoms with van der Waals surface area (Å²) in [6.07, 6.45) is 6.50. The number of piperidine rings is 1. The molecule has 0 radical (unpaired) electrons. The van der Waals surface area contributed by atoms with E-state index in [0.29, 0.717) is 11.8 Å². The van der Waals surface area contributed by atoms with Crippen molar-refractivity contribution in [3.63, 3.8) is 0 Å². The summed E-state index contributed by atoms with van der Waals surface area (Å²) < 4.78 is 1.82. The highest BCUT2D eigenvalue weighted by atomic mass is 32.1. The Balaban J connectivity index is 1.42. The Bertz CT molecular complexity index is 705. The number of anilines is 1. The Morgan fingerprint density at radius 2 is 2.22 bits per heavy atom. The number of hydrogen-bond donors (Lipinski definition) is 1. The van der Waals surface area contributed by atoms with Gasteiger partial charge >= 0.3 is 6.03 Å². The number of carbonyl (C=O) groups is 1. The van der Waals surface area contributed by atoms with Crippen molar-refractivity contribution in [1.29, 1.82) is 0 Å². The maximum atomic E-state index is 12.6. The van der Waals surface area contributed by atoms with Crippen molar-refractivity contribution in [3.05, 3.63) is 28.3 Å². The number of nitrogens with one attached hydrogen (secondary N) is 1. The number of urea groups is 1. The molecule has 0 aromatic carbocycles. The molecule has 1 unspecified atom stereocenters. The van der Waals surface area contributed by atoms with Crippen molar-refractivity contribution < 1.29 is 4.79 Å². The first-order valence-electron chi connectivity index (χ1n) is 8.19. The summed E-state index contributed by atoms with van der Waals surface area (Å²) >= 11 is 1.65. The van der Waals surface area contributed by atoms with Gasteiger partial charge in [0.05, 0.1) is 16.1 Å². The Labute approximate surface area is 139 Å². The zero-order chi connectivity index (χ0) is 15.8. The zero-order valence-electron chi connectivity index (χ0n) is 13.2. The van der Waals surface area contributed by atoms with Crippen LogP contribution in [0.1, 0.15) is 48.1 Å². The number of thiazole rings is 1. The van der Waals surface area contributed by atoms with E-state index in [9.17, 15) is 4.79 Å². The Morgan fingerprint density at radius 1 is 1.35 bits per heavy atom. The highest BCUT2D eigenvalue weighted by molar-refractivity contribution is 7.10. The highest BCUT2D eigenvalue weighted by Gasteiger charge is 2.30. The summed E-state index contributed by atoms with van der Waals surface area (Å²) in [5.74, 6) is 1.71. The molecule has 1 atom stereocenters. The maximum Gasteiger partial charge on any atom is 0.323 e. The van der Waals surface area contributed by atoms with E-state index in [2.05, 4.69) is 21.5 Å². The van der Waals surface area contributed by atoms with Gasteiger partial charge in [-0.2, -0.15) is 5.10 Å². The van der Waals surface area contributed by atoms with E-state index < -0.39 is 0 Å². The zero-order valence-corrected chi connectivity index (χ0v) is 14.1. The third kappa shape index (κ3) is 3.10. The van der Waals surface area contributed by atoms with Gasteiger partial charge in [0.25, 0.3) is 0 Å². The van der Waals surface area contributed by atoms with Gasteiger partial charge in [-0.05, 0) is 37.7 Å². The highest BCUT2D eigenvalue weighted by Crippen LogP contribution is 2.45. The Kier molecular flexibility index (Phi) is 3.80. The number of likely N-dealkylation sites (tertiary alicyclic amines) is 1.